The highest BCUT2D eigenvalue weighted by atomic mass is 16.5. The summed E-state index contributed by atoms with van der Waals surface area (Å²) in [5, 5.41) is 20.6. The molecule has 0 bridgehead atoms. The van der Waals surface area contributed by atoms with Crippen LogP contribution in [0.25, 0.3) is 0 Å². The number of carbonyl (C=O) groups is 3. The van der Waals surface area contributed by atoms with Crippen molar-refractivity contribution in [3.05, 3.63) is 63.7 Å². The molecule has 0 saturated heterocycles. The molecule has 132 valence electrons. The van der Waals surface area contributed by atoms with E-state index in [1.165, 1.54) is 25.3 Å². The normalized spacial score (nSPS) is 24.0. The highest BCUT2D eigenvalue weighted by molar-refractivity contribution is 6.32. The van der Waals surface area contributed by atoms with Gasteiger partial charge in [-0.1, -0.05) is 25.1 Å². The molecule has 0 spiro atoms. The molecule has 2 N–H and O–H groups in total. The van der Waals surface area contributed by atoms with Gasteiger partial charge in [-0.05, 0) is 17.7 Å². The summed E-state index contributed by atoms with van der Waals surface area (Å²) in [5.41, 5.74) is 0.526. The van der Waals surface area contributed by atoms with Crippen molar-refractivity contribution in [2.75, 3.05) is 7.11 Å². The molecule has 0 fully saturated rings. The molecule has 3 atom stereocenters. The maximum absolute atomic E-state index is 13.1. The summed E-state index contributed by atoms with van der Waals surface area (Å²) in [6, 6.07) is 7.61. The second-order valence-corrected chi connectivity index (χ2v) is 6.61. The molecule has 6 heteroatoms. The minimum absolute atomic E-state index is 0.0525. The number of ketones is 3. The molecule has 2 aromatic carbocycles. The van der Waals surface area contributed by atoms with Gasteiger partial charge in [0.2, 0.25) is 0 Å². The molecule has 0 aliphatic heterocycles. The summed E-state index contributed by atoms with van der Waals surface area (Å²) in [6.45, 7) is 1.56. The first-order chi connectivity index (χ1) is 12.4. The standard InChI is InChI=1S/C20H16O6/c1-8-16(21)10-6-7-11-14(15(10)20(25)17(8)22)19(24)9-4-3-5-12(26-2)13(9)18(11)23/h3-8,16-17,21-22H,1-2H3/t8-,16+,17-/m0/s1. The highest BCUT2D eigenvalue weighted by Crippen LogP contribution is 2.41. The molecule has 0 amide bonds. The zero-order chi connectivity index (χ0) is 18.7. The lowest BCUT2D eigenvalue weighted by Gasteiger charge is -2.33. The van der Waals surface area contributed by atoms with Gasteiger partial charge in [0, 0.05) is 28.2 Å². The first-order valence-electron chi connectivity index (χ1n) is 8.22. The summed E-state index contributed by atoms with van der Waals surface area (Å²) in [7, 11) is 1.41. The minimum Gasteiger partial charge on any atom is -0.496 e. The van der Waals surface area contributed by atoms with Gasteiger partial charge in [-0.25, -0.2) is 0 Å². The first kappa shape index (κ1) is 16.6. The van der Waals surface area contributed by atoms with Gasteiger partial charge in [0.25, 0.3) is 0 Å². The average molecular weight is 352 g/mol. The Morgan fingerprint density at radius 1 is 0.846 bits per heavy atom. The van der Waals surface area contributed by atoms with Crippen LogP contribution in [0.3, 0.4) is 0 Å². The number of hydrogen-bond acceptors (Lipinski definition) is 6. The number of methoxy groups -OCH3 is 1. The highest BCUT2D eigenvalue weighted by Gasteiger charge is 2.43. The third-order valence-corrected chi connectivity index (χ3v) is 5.26. The van der Waals surface area contributed by atoms with Gasteiger partial charge in [0.05, 0.1) is 18.8 Å². The molecule has 0 saturated carbocycles. The lowest BCUT2D eigenvalue weighted by Crippen LogP contribution is -2.40. The van der Waals surface area contributed by atoms with E-state index in [2.05, 4.69) is 0 Å². The van der Waals surface area contributed by atoms with Crippen LogP contribution in [-0.4, -0.2) is 40.8 Å². The van der Waals surface area contributed by atoms with Crippen LogP contribution in [0.15, 0.2) is 30.3 Å². The van der Waals surface area contributed by atoms with E-state index in [1.807, 2.05) is 0 Å². The molecule has 4 rings (SSSR count). The van der Waals surface area contributed by atoms with Gasteiger partial charge in [-0.2, -0.15) is 0 Å². The molecular weight excluding hydrogens is 336 g/mol. The van der Waals surface area contributed by atoms with Crippen LogP contribution in [0, 0.1) is 5.92 Å². The van der Waals surface area contributed by atoms with Crippen molar-refractivity contribution >= 4 is 17.3 Å². The molecule has 2 aliphatic rings. The van der Waals surface area contributed by atoms with E-state index in [1.54, 1.807) is 19.1 Å². The van der Waals surface area contributed by atoms with Crippen molar-refractivity contribution in [2.45, 2.75) is 19.1 Å². The van der Waals surface area contributed by atoms with Gasteiger partial charge < -0.3 is 14.9 Å². The van der Waals surface area contributed by atoms with E-state index in [9.17, 15) is 24.6 Å². The second kappa shape index (κ2) is 5.59. The average Bonchev–Trinajstić information content (AvgIpc) is 2.67. The zero-order valence-corrected chi connectivity index (χ0v) is 14.1. The molecule has 0 aromatic heterocycles. The summed E-state index contributed by atoms with van der Waals surface area (Å²) in [4.78, 5) is 38.8. The van der Waals surface area contributed by atoms with E-state index >= 15 is 0 Å². The molecule has 0 radical (unpaired) electrons. The van der Waals surface area contributed by atoms with Crippen molar-refractivity contribution in [1.29, 1.82) is 0 Å². The van der Waals surface area contributed by atoms with Crippen LogP contribution >= 0.6 is 0 Å². The van der Waals surface area contributed by atoms with E-state index < -0.39 is 35.5 Å². The summed E-state index contributed by atoms with van der Waals surface area (Å²) >= 11 is 0. The number of benzene rings is 2. The van der Waals surface area contributed by atoms with Gasteiger partial charge in [0.1, 0.15) is 11.9 Å². The van der Waals surface area contributed by atoms with Crippen LogP contribution in [0.4, 0.5) is 0 Å². The van der Waals surface area contributed by atoms with Crippen molar-refractivity contribution in [1.82, 2.24) is 0 Å². The number of ether oxygens (including phenoxy) is 1. The Kier molecular flexibility index (Phi) is 3.57. The topological polar surface area (TPSA) is 101 Å². The number of fused-ring (bicyclic) bond motifs is 4. The number of aliphatic hydroxyl groups excluding tert-OH is 2. The Bertz CT molecular complexity index is 990. The Morgan fingerprint density at radius 2 is 1.50 bits per heavy atom. The molecular formula is C20H16O6. The number of Topliss-reactive ketones (excluding diaryl/α,β-unsaturated/α-hetero) is 1. The molecule has 2 aliphatic carbocycles. The predicted octanol–water partition coefficient (Wildman–Crippen LogP) is 1.70. The fraction of sp³-hybridized carbons (Fsp3) is 0.250. The smallest absolute Gasteiger partial charge is 0.198 e. The number of hydrogen-bond donors (Lipinski definition) is 2. The lowest BCUT2D eigenvalue weighted by molar-refractivity contribution is 0.0131. The van der Waals surface area contributed by atoms with Crippen molar-refractivity contribution < 1.29 is 29.3 Å². The van der Waals surface area contributed by atoms with Gasteiger partial charge in [-0.15, -0.1) is 0 Å². The SMILES string of the molecule is COc1cccc2c1C(=O)c1ccc3c(c1C2=O)C(=O)[C@@H](O)[C@@H](C)[C@H]3O. The quantitative estimate of drug-likeness (QED) is 0.691. The Morgan fingerprint density at radius 3 is 2.19 bits per heavy atom. The molecule has 2 aromatic rings. The third-order valence-electron chi connectivity index (χ3n) is 5.26. The van der Waals surface area contributed by atoms with Gasteiger partial charge >= 0.3 is 0 Å². The zero-order valence-electron chi connectivity index (χ0n) is 14.1. The predicted molar refractivity (Wildman–Crippen MR) is 90.8 cm³/mol. The number of rotatable bonds is 1. The third kappa shape index (κ3) is 1.97. The van der Waals surface area contributed by atoms with E-state index in [0.717, 1.165) is 0 Å². The fourth-order valence-electron chi connectivity index (χ4n) is 3.79. The van der Waals surface area contributed by atoms with Crippen LogP contribution < -0.4 is 4.74 Å². The van der Waals surface area contributed by atoms with Crippen LogP contribution in [0.2, 0.25) is 0 Å². The number of aliphatic hydroxyl groups is 2. The summed E-state index contributed by atoms with van der Waals surface area (Å²) in [6.07, 6.45) is -2.53. The van der Waals surface area contributed by atoms with Crippen LogP contribution in [-0.2, 0) is 0 Å². The summed E-state index contributed by atoms with van der Waals surface area (Å²) < 4.78 is 5.21. The second-order valence-electron chi connectivity index (χ2n) is 6.61. The molecule has 0 heterocycles. The van der Waals surface area contributed by atoms with Crippen LogP contribution in [0.1, 0.15) is 60.8 Å². The first-order valence-corrected chi connectivity index (χ1v) is 8.22. The maximum atomic E-state index is 13.1. The molecule has 0 unspecified atom stereocenters. The Balaban J connectivity index is 2.03. The fourth-order valence-corrected chi connectivity index (χ4v) is 3.79. The monoisotopic (exact) mass is 352 g/mol. The van der Waals surface area contributed by atoms with E-state index in [0.29, 0.717) is 0 Å². The lowest BCUT2D eigenvalue weighted by atomic mass is 9.72. The maximum Gasteiger partial charge on any atom is 0.198 e. The van der Waals surface area contributed by atoms with Crippen molar-refractivity contribution in [3.8, 4) is 5.75 Å². The molecule has 26 heavy (non-hydrogen) atoms. The summed E-state index contributed by atoms with van der Waals surface area (Å²) in [5.74, 6) is -1.99. The number of carbonyl (C=O) groups excluding carboxylic acids is 3. The minimum atomic E-state index is -1.43. The van der Waals surface area contributed by atoms with Gasteiger partial charge in [-0.3, -0.25) is 14.4 Å². The van der Waals surface area contributed by atoms with Crippen molar-refractivity contribution in [2.24, 2.45) is 5.92 Å². The van der Waals surface area contributed by atoms with Crippen LogP contribution in [0.5, 0.6) is 5.75 Å². The van der Waals surface area contributed by atoms with E-state index in [4.69, 9.17) is 4.74 Å². The van der Waals surface area contributed by atoms with Crippen molar-refractivity contribution in [3.63, 3.8) is 0 Å². The molecule has 6 nitrogen and oxygen atoms in total. The largest absolute Gasteiger partial charge is 0.496 e. The van der Waals surface area contributed by atoms with E-state index in [-0.39, 0.29) is 39.1 Å². The van der Waals surface area contributed by atoms with Gasteiger partial charge in [0.15, 0.2) is 17.3 Å². The Hall–Kier alpha value is -2.83. The Labute approximate surface area is 149 Å².